The minimum absolute atomic E-state index is 0.00469. The summed E-state index contributed by atoms with van der Waals surface area (Å²) in [7, 11) is 0. The van der Waals surface area contributed by atoms with Crippen molar-refractivity contribution in [1.29, 1.82) is 0 Å². The lowest BCUT2D eigenvalue weighted by atomic mass is 9.99. The Kier molecular flexibility index (Phi) is 3.59. The first kappa shape index (κ1) is 12.3. The Morgan fingerprint density at radius 3 is 2.60 bits per heavy atom. The zero-order chi connectivity index (χ0) is 11.6. The molecule has 3 nitrogen and oxygen atoms in total. The molecule has 0 aliphatic carbocycles. The predicted molar refractivity (Wildman–Crippen MR) is 49.1 cm³/mol. The number of nitrogens with two attached hydrogens (primary N) is 1. The smallest absolute Gasteiger partial charge is 0.340 e. The summed E-state index contributed by atoms with van der Waals surface area (Å²) in [5.41, 5.74) is 5.65. The molecule has 0 saturated carbocycles. The highest BCUT2D eigenvalue weighted by Gasteiger charge is 2.36. The number of hydrogen-bond acceptors (Lipinski definition) is 2. The second kappa shape index (κ2) is 4.38. The van der Waals surface area contributed by atoms with Crippen LogP contribution in [0.15, 0.2) is 0 Å². The molecule has 1 heterocycles. The third-order valence-electron chi connectivity index (χ3n) is 2.59. The third-order valence-corrected chi connectivity index (χ3v) is 2.59. The number of piperidine rings is 1. The molecular formula is C9H15F3N2O. The Bertz CT molecular complexity index is 242. The van der Waals surface area contributed by atoms with E-state index in [1.54, 1.807) is 6.92 Å². The van der Waals surface area contributed by atoms with Gasteiger partial charge in [-0.3, -0.25) is 4.79 Å². The molecule has 6 heteroatoms. The molecule has 0 aromatic heterocycles. The summed E-state index contributed by atoms with van der Waals surface area (Å²) in [5, 5.41) is 0. The van der Waals surface area contributed by atoms with Crippen molar-refractivity contribution in [3.05, 3.63) is 0 Å². The van der Waals surface area contributed by atoms with Crippen LogP contribution in [-0.2, 0) is 4.79 Å². The highest BCUT2D eigenvalue weighted by Crippen LogP contribution is 2.24. The van der Waals surface area contributed by atoms with Gasteiger partial charge in [0.2, 0.25) is 5.91 Å². The van der Waals surface area contributed by atoms with Crippen molar-refractivity contribution in [2.45, 2.75) is 44.4 Å². The number of likely N-dealkylation sites (tertiary alicyclic amines) is 1. The number of nitrogens with zero attached hydrogens (tertiary/aromatic N) is 1. The Labute approximate surface area is 86.4 Å². The van der Waals surface area contributed by atoms with Crippen molar-refractivity contribution >= 4 is 5.91 Å². The van der Waals surface area contributed by atoms with Crippen molar-refractivity contribution in [1.82, 2.24) is 4.90 Å². The number of hydrogen-bond donors (Lipinski definition) is 1. The van der Waals surface area contributed by atoms with Crippen molar-refractivity contribution < 1.29 is 18.0 Å². The number of carbonyl (C=O) groups is 1. The van der Waals surface area contributed by atoms with Gasteiger partial charge in [-0.2, -0.15) is 13.2 Å². The molecule has 0 radical (unpaired) electrons. The van der Waals surface area contributed by atoms with E-state index < -0.39 is 18.5 Å². The Morgan fingerprint density at radius 1 is 1.53 bits per heavy atom. The average Bonchev–Trinajstić information content (AvgIpc) is 1.99. The molecule has 0 aromatic carbocycles. The number of halogens is 3. The Hall–Kier alpha value is -0.780. The van der Waals surface area contributed by atoms with Crippen LogP contribution in [0.5, 0.6) is 0 Å². The molecule has 2 N–H and O–H groups in total. The van der Waals surface area contributed by atoms with Gasteiger partial charge in [0.15, 0.2) is 0 Å². The molecule has 2 atom stereocenters. The fourth-order valence-corrected chi connectivity index (χ4v) is 1.85. The number of rotatable bonds is 1. The molecule has 1 saturated heterocycles. The van der Waals surface area contributed by atoms with E-state index in [4.69, 9.17) is 5.73 Å². The third kappa shape index (κ3) is 3.70. The van der Waals surface area contributed by atoms with Gasteiger partial charge in [-0.05, 0) is 19.8 Å². The van der Waals surface area contributed by atoms with Crippen molar-refractivity contribution in [2.24, 2.45) is 5.73 Å². The molecule has 15 heavy (non-hydrogen) atoms. The van der Waals surface area contributed by atoms with Gasteiger partial charge in [-0.1, -0.05) is 0 Å². The number of amides is 1. The van der Waals surface area contributed by atoms with Crippen LogP contribution < -0.4 is 5.73 Å². The van der Waals surface area contributed by atoms with Crippen LogP contribution in [0.3, 0.4) is 0 Å². The van der Waals surface area contributed by atoms with Crippen LogP contribution in [0.4, 0.5) is 13.2 Å². The molecule has 2 unspecified atom stereocenters. The molecule has 1 fully saturated rings. The SMILES string of the molecule is CC1CC(N)CCN1C(=O)CC(F)(F)F. The van der Waals surface area contributed by atoms with E-state index in [0.29, 0.717) is 19.4 Å². The molecule has 1 aliphatic heterocycles. The summed E-state index contributed by atoms with van der Waals surface area (Å²) in [4.78, 5) is 12.6. The maximum Gasteiger partial charge on any atom is 0.397 e. The monoisotopic (exact) mass is 224 g/mol. The molecule has 0 bridgehead atoms. The van der Waals surface area contributed by atoms with Gasteiger partial charge in [0.25, 0.3) is 0 Å². The highest BCUT2D eigenvalue weighted by atomic mass is 19.4. The van der Waals surface area contributed by atoms with Crippen LogP contribution in [-0.4, -0.2) is 35.6 Å². The second-order valence-electron chi connectivity index (χ2n) is 4.01. The molecule has 0 aromatic rings. The minimum Gasteiger partial charge on any atom is -0.340 e. The largest absolute Gasteiger partial charge is 0.397 e. The minimum atomic E-state index is -4.42. The summed E-state index contributed by atoms with van der Waals surface area (Å²) >= 11 is 0. The first-order valence-corrected chi connectivity index (χ1v) is 4.91. The predicted octanol–water partition coefficient (Wildman–Crippen LogP) is 1.28. The maximum atomic E-state index is 12.0. The topological polar surface area (TPSA) is 46.3 Å². The van der Waals surface area contributed by atoms with E-state index in [1.165, 1.54) is 4.90 Å². The fourth-order valence-electron chi connectivity index (χ4n) is 1.85. The lowest BCUT2D eigenvalue weighted by Crippen LogP contribution is -2.49. The van der Waals surface area contributed by atoms with Gasteiger partial charge in [0, 0.05) is 18.6 Å². The molecule has 1 rings (SSSR count). The first-order chi connectivity index (χ1) is 6.79. The summed E-state index contributed by atoms with van der Waals surface area (Å²) in [5.74, 6) is -0.845. The van der Waals surface area contributed by atoms with Crippen molar-refractivity contribution in [3.8, 4) is 0 Å². The lowest BCUT2D eigenvalue weighted by Gasteiger charge is -2.36. The van der Waals surface area contributed by atoms with Gasteiger partial charge in [0.1, 0.15) is 6.42 Å². The lowest BCUT2D eigenvalue weighted by molar-refractivity contribution is -0.163. The van der Waals surface area contributed by atoms with Gasteiger partial charge in [-0.25, -0.2) is 0 Å². The Morgan fingerprint density at radius 2 is 2.13 bits per heavy atom. The summed E-state index contributed by atoms with van der Waals surface area (Å²) in [6.45, 7) is 2.06. The van der Waals surface area contributed by atoms with E-state index in [1.807, 2.05) is 0 Å². The first-order valence-electron chi connectivity index (χ1n) is 4.91. The molecule has 88 valence electrons. The zero-order valence-corrected chi connectivity index (χ0v) is 8.55. The molecule has 1 amide bonds. The summed E-state index contributed by atoms with van der Waals surface area (Å²) in [6.07, 6.45) is -4.64. The molecule has 0 spiro atoms. The van der Waals surface area contributed by atoms with Crippen molar-refractivity contribution in [3.63, 3.8) is 0 Å². The standard InChI is InChI=1S/C9H15F3N2O/c1-6-4-7(13)2-3-14(6)8(15)5-9(10,11)12/h6-7H,2-5,13H2,1H3. The van der Waals surface area contributed by atoms with Crippen LogP contribution >= 0.6 is 0 Å². The number of carbonyl (C=O) groups excluding carboxylic acids is 1. The van der Waals surface area contributed by atoms with Crippen LogP contribution in [0.1, 0.15) is 26.2 Å². The molecule has 1 aliphatic rings. The zero-order valence-electron chi connectivity index (χ0n) is 8.55. The van der Waals surface area contributed by atoms with Gasteiger partial charge < -0.3 is 10.6 Å². The second-order valence-corrected chi connectivity index (χ2v) is 4.01. The highest BCUT2D eigenvalue weighted by molar-refractivity contribution is 5.77. The Balaban J connectivity index is 2.53. The van der Waals surface area contributed by atoms with E-state index in [0.717, 1.165) is 0 Å². The van der Waals surface area contributed by atoms with Crippen LogP contribution in [0.2, 0.25) is 0 Å². The number of alkyl halides is 3. The maximum absolute atomic E-state index is 12.0. The van der Waals surface area contributed by atoms with Gasteiger partial charge in [-0.15, -0.1) is 0 Å². The van der Waals surface area contributed by atoms with E-state index in [9.17, 15) is 18.0 Å². The van der Waals surface area contributed by atoms with Crippen LogP contribution in [0, 0.1) is 0 Å². The van der Waals surface area contributed by atoms with E-state index in [2.05, 4.69) is 0 Å². The van der Waals surface area contributed by atoms with E-state index in [-0.39, 0.29) is 12.1 Å². The summed E-state index contributed by atoms with van der Waals surface area (Å²) in [6, 6.07) is -0.196. The van der Waals surface area contributed by atoms with Crippen molar-refractivity contribution in [2.75, 3.05) is 6.54 Å². The fraction of sp³-hybridized carbons (Fsp3) is 0.889. The van der Waals surface area contributed by atoms with E-state index >= 15 is 0 Å². The van der Waals surface area contributed by atoms with Gasteiger partial charge in [0.05, 0.1) is 0 Å². The quantitative estimate of drug-likeness (QED) is 0.729. The van der Waals surface area contributed by atoms with Crippen LogP contribution in [0.25, 0.3) is 0 Å². The van der Waals surface area contributed by atoms with Gasteiger partial charge >= 0.3 is 6.18 Å². The summed E-state index contributed by atoms with van der Waals surface area (Å²) < 4.78 is 36.0. The average molecular weight is 224 g/mol. The normalized spacial score (nSPS) is 27.9. The molecular weight excluding hydrogens is 209 g/mol.